The van der Waals surface area contributed by atoms with Crippen molar-refractivity contribution < 1.29 is 13.2 Å². The molecule has 5 rings (SSSR count). The van der Waals surface area contributed by atoms with Crippen molar-refractivity contribution in [3.05, 3.63) is 53.7 Å². The largest absolute Gasteiger partial charge is 0.339 e. The molecule has 0 atom stereocenters. The van der Waals surface area contributed by atoms with Gasteiger partial charge in [0.05, 0.1) is 11.7 Å². The van der Waals surface area contributed by atoms with Gasteiger partial charge >= 0.3 is 0 Å². The molecule has 1 saturated heterocycles. The van der Waals surface area contributed by atoms with Gasteiger partial charge in [0.2, 0.25) is 15.9 Å². The summed E-state index contributed by atoms with van der Waals surface area (Å²) in [6, 6.07) is 12.5. The first-order valence-corrected chi connectivity index (χ1v) is 12.2. The van der Waals surface area contributed by atoms with Crippen LogP contribution in [0.3, 0.4) is 0 Å². The van der Waals surface area contributed by atoms with E-state index in [2.05, 4.69) is 8.75 Å². The van der Waals surface area contributed by atoms with Crippen LogP contribution >= 0.6 is 23.3 Å². The van der Waals surface area contributed by atoms with Crippen LogP contribution in [0.15, 0.2) is 53.6 Å². The van der Waals surface area contributed by atoms with Gasteiger partial charge in [-0.05, 0) is 35.7 Å². The number of hydrogen-bond donors (Lipinski definition) is 0. The van der Waals surface area contributed by atoms with Crippen molar-refractivity contribution in [2.45, 2.75) is 11.4 Å². The van der Waals surface area contributed by atoms with Gasteiger partial charge < -0.3 is 9.47 Å². The minimum atomic E-state index is -3.71. The first-order chi connectivity index (χ1) is 14.9. The summed E-state index contributed by atoms with van der Waals surface area (Å²) in [6.07, 6.45) is 1.86. The number of amides is 1. The van der Waals surface area contributed by atoms with Crippen molar-refractivity contribution in [3.63, 3.8) is 0 Å². The lowest BCUT2D eigenvalue weighted by Gasteiger charge is -2.34. The maximum atomic E-state index is 13.2. The number of carbonyl (C=O) groups is 1. The molecular weight excluding hydrogens is 458 g/mol. The van der Waals surface area contributed by atoms with Gasteiger partial charge in [0.1, 0.15) is 22.5 Å². The zero-order chi connectivity index (χ0) is 21.6. The highest BCUT2D eigenvalue weighted by atomic mass is 35.5. The second-order valence-corrected chi connectivity index (χ2v) is 10.2. The Kier molecular flexibility index (Phi) is 5.17. The fourth-order valence-corrected chi connectivity index (χ4v) is 6.19. The molecule has 2 aromatic carbocycles. The lowest BCUT2D eigenvalue weighted by molar-refractivity contribution is -0.132. The molecule has 0 N–H and O–H groups in total. The van der Waals surface area contributed by atoms with Gasteiger partial charge in [-0.15, -0.1) is 0 Å². The van der Waals surface area contributed by atoms with Gasteiger partial charge in [-0.25, -0.2) is 8.42 Å². The van der Waals surface area contributed by atoms with E-state index in [-0.39, 0.29) is 30.4 Å². The van der Waals surface area contributed by atoms with Gasteiger partial charge in [-0.1, -0.05) is 23.7 Å². The fraction of sp³-hybridized carbons (Fsp3) is 0.250. The number of benzene rings is 2. The summed E-state index contributed by atoms with van der Waals surface area (Å²) < 4.78 is 37.8. The van der Waals surface area contributed by atoms with Crippen LogP contribution in [0.1, 0.15) is 0 Å². The standard InChI is InChI=1S/C20H18ClN5O3S2/c21-15-5-4-14-6-7-25(17(14)12-15)13-19(27)24-8-10-26(11-9-24)31(28,29)18-3-1-2-16-20(18)23-30-22-16/h1-7,12H,8-11,13H2. The molecule has 4 aromatic rings. The Bertz CT molecular complexity index is 1390. The molecule has 31 heavy (non-hydrogen) atoms. The van der Waals surface area contributed by atoms with Gasteiger partial charge in [-0.2, -0.15) is 13.1 Å². The summed E-state index contributed by atoms with van der Waals surface area (Å²) in [5.74, 6) is -0.0553. The minimum absolute atomic E-state index is 0.0553. The SMILES string of the molecule is O=C(Cn1ccc2ccc(Cl)cc21)N1CCN(S(=O)(=O)c2cccc3nsnc23)CC1. The van der Waals surface area contributed by atoms with Gasteiger partial charge in [0.15, 0.2) is 0 Å². The molecule has 0 unspecified atom stereocenters. The number of halogens is 1. The van der Waals surface area contributed by atoms with E-state index < -0.39 is 10.0 Å². The summed E-state index contributed by atoms with van der Waals surface area (Å²) in [5, 5.41) is 1.63. The zero-order valence-electron chi connectivity index (χ0n) is 16.3. The van der Waals surface area contributed by atoms with E-state index in [4.69, 9.17) is 11.6 Å². The molecule has 8 nitrogen and oxygen atoms in total. The van der Waals surface area contributed by atoms with E-state index in [0.717, 1.165) is 22.6 Å². The van der Waals surface area contributed by atoms with Gasteiger partial charge in [0, 0.05) is 42.9 Å². The average Bonchev–Trinajstić information content (AvgIpc) is 3.40. The molecule has 1 fully saturated rings. The Morgan fingerprint density at radius 2 is 1.87 bits per heavy atom. The third-order valence-electron chi connectivity index (χ3n) is 5.50. The predicted octanol–water partition coefficient (Wildman–Crippen LogP) is 2.83. The minimum Gasteiger partial charge on any atom is -0.339 e. The van der Waals surface area contributed by atoms with E-state index >= 15 is 0 Å². The number of rotatable bonds is 4. The molecule has 0 aliphatic carbocycles. The number of nitrogens with zero attached hydrogens (tertiary/aromatic N) is 5. The second kappa shape index (κ2) is 7.86. The lowest BCUT2D eigenvalue weighted by Crippen LogP contribution is -2.51. The summed E-state index contributed by atoms with van der Waals surface area (Å²) >= 11 is 7.08. The van der Waals surface area contributed by atoms with Crippen LogP contribution in [-0.4, -0.2) is 63.0 Å². The van der Waals surface area contributed by atoms with Crippen molar-refractivity contribution >= 4 is 61.2 Å². The molecule has 0 saturated carbocycles. The molecule has 11 heteroatoms. The first-order valence-electron chi connectivity index (χ1n) is 9.67. The summed E-state index contributed by atoms with van der Waals surface area (Å²) in [6.45, 7) is 1.33. The predicted molar refractivity (Wildman–Crippen MR) is 120 cm³/mol. The van der Waals surface area contributed by atoms with E-state index in [1.165, 1.54) is 4.31 Å². The quantitative estimate of drug-likeness (QED) is 0.453. The number of aromatic nitrogens is 3. The molecule has 0 radical (unpaired) electrons. The molecule has 1 amide bonds. The first kappa shape index (κ1) is 20.4. The number of piperazine rings is 1. The molecule has 1 aliphatic rings. The van der Waals surface area contributed by atoms with Crippen LogP contribution in [0.4, 0.5) is 0 Å². The Hall–Kier alpha value is -2.53. The summed E-state index contributed by atoms with van der Waals surface area (Å²) in [4.78, 5) is 14.7. The van der Waals surface area contributed by atoms with Crippen LogP contribution in [-0.2, 0) is 21.4 Å². The highest BCUT2D eigenvalue weighted by molar-refractivity contribution is 7.89. The molecule has 0 spiro atoms. The molecule has 2 aromatic heterocycles. The van der Waals surface area contributed by atoms with Crippen LogP contribution in [0.5, 0.6) is 0 Å². The fourth-order valence-electron chi connectivity index (χ4n) is 3.85. The number of hydrogen-bond acceptors (Lipinski definition) is 6. The zero-order valence-corrected chi connectivity index (χ0v) is 18.7. The maximum Gasteiger partial charge on any atom is 0.245 e. The summed E-state index contributed by atoms with van der Waals surface area (Å²) in [7, 11) is -3.71. The van der Waals surface area contributed by atoms with Crippen molar-refractivity contribution in [1.29, 1.82) is 0 Å². The highest BCUT2D eigenvalue weighted by Gasteiger charge is 2.32. The normalized spacial score (nSPS) is 15.7. The monoisotopic (exact) mass is 475 g/mol. The van der Waals surface area contributed by atoms with E-state index in [1.54, 1.807) is 23.1 Å². The third-order valence-corrected chi connectivity index (χ3v) is 8.21. The van der Waals surface area contributed by atoms with E-state index in [9.17, 15) is 13.2 Å². The Morgan fingerprint density at radius 3 is 2.68 bits per heavy atom. The molecular formula is C20H18ClN5O3S2. The maximum absolute atomic E-state index is 13.2. The molecule has 1 aliphatic heterocycles. The average molecular weight is 476 g/mol. The van der Waals surface area contributed by atoms with Crippen LogP contribution in [0.25, 0.3) is 21.9 Å². The number of sulfonamides is 1. The lowest BCUT2D eigenvalue weighted by atomic mass is 10.2. The van der Waals surface area contributed by atoms with Crippen LogP contribution < -0.4 is 0 Å². The van der Waals surface area contributed by atoms with E-state index in [0.29, 0.717) is 29.1 Å². The van der Waals surface area contributed by atoms with Crippen LogP contribution in [0, 0.1) is 0 Å². The van der Waals surface area contributed by atoms with Crippen molar-refractivity contribution in [3.8, 4) is 0 Å². The topological polar surface area (TPSA) is 88.4 Å². The van der Waals surface area contributed by atoms with Crippen molar-refractivity contribution in [1.82, 2.24) is 22.5 Å². The summed E-state index contributed by atoms with van der Waals surface area (Å²) in [5.41, 5.74) is 1.86. The molecule has 0 bridgehead atoms. The Morgan fingerprint density at radius 1 is 1.06 bits per heavy atom. The molecule has 3 heterocycles. The number of carbonyl (C=O) groups excluding carboxylic acids is 1. The second-order valence-electron chi connectivity index (χ2n) is 7.32. The van der Waals surface area contributed by atoms with E-state index in [1.807, 2.05) is 35.0 Å². The van der Waals surface area contributed by atoms with Crippen LogP contribution in [0.2, 0.25) is 5.02 Å². The smallest absolute Gasteiger partial charge is 0.245 e. The van der Waals surface area contributed by atoms with Gasteiger partial charge in [0.25, 0.3) is 0 Å². The highest BCUT2D eigenvalue weighted by Crippen LogP contribution is 2.25. The third kappa shape index (κ3) is 3.69. The number of fused-ring (bicyclic) bond motifs is 2. The van der Waals surface area contributed by atoms with Crippen molar-refractivity contribution in [2.24, 2.45) is 0 Å². The molecule has 160 valence electrons. The Labute approximate surface area is 188 Å². The Balaban J connectivity index is 1.29. The van der Waals surface area contributed by atoms with Crippen molar-refractivity contribution in [2.75, 3.05) is 26.2 Å². The van der Waals surface area contributed by atoms with Gasteiger partial charge in [-0.3, -0.25) is 4.79 Å².